The molecule has 0 unspecified atom stereocenters. The number of hydrogen-bond acceptors (Lipinski definition) is 11. The second-order valence-corrected chi connectivity index (χ2v) is 17.1. The highest BCUT2D eigenvalue weighted by Gasteiger charge is 2.27. The average Bonchev–Trinajstić information content (AvgIpc) is 3.58. The van der Waals surface area contributed by atoms with Crippen molar-refractivity contribution in [2.45, 2.75) is 84.1 Å². The second kappa shape index (κ2) is 19.8. The number of hydrogen-bond donors (Lipinski definition) is 3. The van der Waals surface area contributed by atoms with Gasteiger partial charge in [0.2, 0.25) is 5.88 Å². The maximum absolute atomic E-state index is 14.7. The Labute approximate surface area is 362 Å². The molecule has 328 valence electrons. The SMILES string of the molecule is Cc1cc(C)n2nc(C(=O)N[C@H]3CC[C@H](NC(=O)c4cc(F)cnc4Oc4cccc(-c5ccc(CN6CCCN(CCO)CC6)cc5CN5CCOC[C@@H]5C)c4)CC3)cc2n1. The number of fused-ring (bicyclic) bond motifs is 1. The number of aryl methyl sites for hydroxylation is 2. The summed E-state index contributed by atoms with van der Waals surface area (Å²) in [6, 6.07) is 19.3. The van der Waals surface area contributed by atoms with E-state index in [1.807, 2.05) is 38.1 Å². The van der Waals surface area contributed by atoms with Crippen LogP contribution in [0.5, 0.6) is 11.6 Å². The normalized spacial score (nSPS) is 20.5. The lowest BCUT2D eigenvalue weighted by Crippen LogP contribution is -2.44. The number of β-amino-alcohol motifs (C(OH)–C–C–N with tert-alkyl or cyclic N) is 1. The Morgan fingerprint density at radius 2 is 1.68 bits per heavy atom. The lowest BCUT2D eigenvalue weighted by Gasteiger charge is -2.34. The Hall–Kier alpha value is -5.32. The molecule has 2 saturated heterocycles. The van der Waals surface area contributed by atoms with Crippen molar-refractivity contribution in [2.24, 2.45) is 0 Å². The maximum Gasteiger partial charge on any atom is 0.272 e. The molecular weight excluding hydrogens is 790 g/mol. The van der Waals surface area contributed by atoms with E-state index >= 15 is 0 Å². The van der Waals surface area contributed by atoms with Gasteiger partial charge >= 0.3 is 0 Å². The number of nitrogens with one attached hydrogen (secondary N) is 2. The highest BCUT2D eigenvalue weighted by Crippen LogP contribution is 2.33. The number of amides is 2. The quantitative estimate of drug-likeness (QED) is 0.137. The van der Waals surface area contributed by atoms with Crippen LogP contribution in [0.2, 0.25) is 0 Å². The minimum absolute atomic E-state index is 0.0103. The van der Waals surface area contributed by atoms with E-state index < -0.39 is 11.7 Å². The number of benzene rings is 2. The van der Waals surface area contributed by atoms with E-state index in [9.17, 15) is 19.1 Å². The third-order valence-corrected chi connectivity index (χ3v) is 12.3. The van der Waals surface area contributed by atoms with Crippen LogP contribution < -0.4 is 15.4 Å². The van der Waals surface area contributed by atoms with Gasteiger partial charge in [0.25, 0.3) is 11.8 Å². The molecule has 1 saturated carbocycles. The van der Waals surface area contributed by atoms with Crippen molar-refractivity contribution in [1.82, 2.24) is 44.9 Å². The summed E-state index contributed by atoms with van der Waals surface area (Å²) in [7, 11) is 0. The summed E-state index contributed by atoms with van der Waals surface area (Å²) in [5, 5.41) is 20.1. The fraction of sp³-hybridized carbons (Fsp3) is 0.468. The van der Waals surface area contributed by atoms with E-state index in [1.165, 1.54) is 11.1 Å². The maximum atomic E-state index is 14.7. The topological polar surface area (TPSA) is 150 Å². The molecule has 15 heteroatoms. The number of pyridine rings is 1. The number of morpholine rings is 1. The minimum atomic E-state index is -0.639. The van der Waals surface area contributed by atoms with E-state index in [0.29, 0.717) is 62.5 Å². The summed E-state index contributed by atoms with van der Waals surface area (Å²) in [5.41, 5.74) is 7.21. The van der Waals surface area contributed by atoms with Crippen molar-refractivity contribution in [2.75, 3.05) is 59.1 Å². The van der Waals surface area contributed by atoms with Gasteiger partial charge in [-0.3, -0.25) is 24.3 Å². The summed E-state index contributed by atoms with van der Waals surface area (Å²) in [4.78, 5) is 42.8. The van der Waals surface area contributed by atoms with Gasteiger partial charge in [-0.15, -0.1) is 0 Å². The van der Waals surface area contributed by atoms with E-state index in [-0.39, 0.29) is 42.1 Å². The number of carbonyl (C=O) groups is 2. The van der Waals surface area contributed by atoms with Crippen molar-refractivity contribution >= 4 is 17.5 Å². The molecule has 3 N–H and O–H groups in total. The Morgan fingerprint density at radius 1 is 0.903 bits per heavy atom. The molecule has 2 aliphatic heterocycles. The molecule has 3 aromatic heterocycles. The van der Waals surface area contributed by atoms with Crippen LogP contribution in [-0.4, -0.2) is 128 Å². The predicted molar refractivity (Wildman–Crippen MR) is 234 cm³/mol. The zero-order valence-corrected chi connectivity index (χ0v) is 36.0. The number of aliphatic hydroxyl groups excluding tert-OH is 1. The first-order chi connectivity index (χ1) is 30.1. The van der Waals surface area contributed by atoms with Gasteiger partial charge in [0, 0.05) is 74.8 Å². The zero-order chi connectivity index (χ0) is 43.2. The highest BCUT2D eigenvalue weighted by molar-refractivity contribution is 5.96. The first kappa shape index (κ1) is 43.3. The Kier molecular flexibility index (Phi) is 13.8. The Morgan fingerprint density at radius 3 is 2.47 bits per heavy atom. The van der Waals surface area contributed by atoms with Crippen molar-refractivity contribution < 1.29 is 28.6 Å². The van der Waals surface area contributed by atoms with Gasteiger partial charge in [-0.1, -0.05) is 30.3 Å². The fourth-order valence-electron chi connectivity index (χ4n) is 8.99. The molecule has 3 aliphatic rings. The molecule has 14 nitrogen and oxygen atoms in total. The van der Waals surface area contributed by atoms with Gasteiger partial charge in [0.1, 0.15) is 17.1 Å². The Balaban J connectivity index is 0.932. The van der Waals surface area contributed by atoms with Crippen molar-refractivity contribution in [3.63, 3.8) is 0 Å². The van der Waals surface area contributed by atoms with Crippen molar-refractivity contribution in [3.8, 4) is 22.8 Å². The summed E-state index contributed by atoms with van der Waals surface area (Å²) in [6.07, 6.45) is 4.71. The Bertz CT molecular complexity index is 2370. The van der Waals surface area contributed by atoms with Crippen molar-refractivity contribution in [1.29, 1.82) is 0 Å². The summed E-state index contributed by atoms with van der Waals surface area (Å²) in [6.45, 7) is 14.7. The third-order valence-electron chi connectivity index (χ3n) is 12.3. The van der Waals surface area contributed by atoms with Gasteiger partial charge in [-0.2, -0.15) is 5.10 Å². The van der Waals surface area contributed by atoms with Gasteiger partial charge in [0.15, 0.2) is 11.3 Å². The van der Waals surface area contributed by atoms with Crippen LogP contribution >= 0.6 is 0 Å². The number of ether oxygens (including phenoxy) is 2. The molecule has 8 rings (SSSR count). The molecule has 3 fully saturated rings. The van der Waals surface area contributed by atoms with E-state index in [4.69, 9.17) is 9.47 Å². The molecule has 0 bridgehead atoms. The number of aliphatic hydroxyl groups is 1. The molecule has 5 heterocycles. The van der Waals surface area contributed by atoms with Gasteiger partial charge < -0.3 is 25.2 Å². The summed E-state index contributed by atoms with van der Waals surface area (Å²) >= 11 is 0. The van der Waals surface area contributed by atoms with Crippen LogP contribution in [0.1, 0.15) is 82.4 Å². The van der Waals surface area contributed by atoms with Crippen LogP contribution in [-0.2, 0) is 17.8 Å². The number of carbonyl (C=O) groups excluding carboxylic acids is 2. The number of rotatable bonds is 13. The number of nitrogens with zero attached hydrogens (tertiary/aromatic N) is 7. The molecule has 1 aliphatic carbocycles. The number of aromatic nitrogens is 4. The summed E-state index contributed by atoms with van der Waals surface area (Å²) in [5.74, 6) is -0.874. The average molecular weight is 848 g/mol. The predicted octanol–water partition coefficient (Wildman–Crippen LogP) is 5.53. The molecule has 2 amide bonds. The van der Waals surface area contributed by atoms with Crippen LogP contribution in [0, 0.1) is 19.7 Å². The smallest absolute Gasteiger partial charge is 0.272 e. The standard InChI is InChI=1S/C47H58FN9O5/c1-31-22-32(2)57-44(50-31)26-43(53-57)46(60)52-39-11-9-38(10-12-39)51-45(59)42-25-37(48)27-49-47(42)62-40-7-4-6-35(24-40)41-13-8-34(23-36(41)29-56-19-21-61-30-33(56)3)28-55-15-5-14-54(16-17-55)18-20-58/h4,6-8,13,22-27,33,38-39,58H,5,9-12,14-21,28-30H2,1-3H3,(H,51,59)(H,52,60)/t33-,38-,39-/m0/s1. The van der Waals surface area contributed by atoms with Gasteiger partial charge in [-0.25, -0.2) is 18.9 Å². The first-order valence-corrected chi connectivity index (χ1v) is 22.0. The third kappa shape index (κ3) is 10.6. The zero-order valence-electron chi connectivity index (χ0n) is 36.0. The molecule has 62 heavy (non-hydrogen) atoms. The largest absolute Gasteiger partial charge is 0.438 e. The monoisotopic (exact) mass is 847 g/mol. The first-order valence-electron chi connectivity index (χ1n) is 22.0. The molecular formula is C47H58FN9O5. The van der Waals surface area contributed by atoms with E-state index in [1.54, 1.807) is 10.6 Å². The van der Waals surface area contributed by atoms with Crippen LogP contribution in [0.3, 0.4) is 0 Å². The molecule has 5 aromatic rings. The van der Waals surface area contributed by atoms with Crippen LogP contribution in [0.4, 0.5) is 4.39 Å². The fourth-order valence-corrected chi connectivity index (χ4v) is 8.99. The van der Waals surface area contributed by atoms with Crippen LogP contribution in [0.15, 0.2) is 66.9 Å². The molecule has 1 atom stereocenters. The molecule has 0 radical (unpaired) electrons. The second-order valence-electron chi connectivity index (χ2n) is 17.1. The van der Waals surface area contributed by atoms with Crippen LogP contribution in [0.25, 0.3) is 16.8 Å². The van der Waals surface area contributed by atoms with E-state index in [0.717, 1.165) is 87.0 Å². The van der Waals surface area contributed by atoms with Gasteiger partial charge in [-0.05, 0) is 112 Å². The van der Waals surface area contributed by atoms with Gasteiger partial charge in [0.05, 0.1) is 26.0 Å². The lowest BCUT2D eigenvalue weighted by atomic mass is 9.91. The summed E-state index contributed by atoms with van der Waals surface area (Å²) < 4.78 is 28.4. The molecule has 0 spiro atoms. The highest BCUT2D eigenvalue weighted by atomic mass is 19.1. The van der Waals surface area contributed by atoms with Crippen molar-refractivity contribution in [3.05, 3.63) is 106 Å². The molecule has 2 aromatic carbocycles. The van der Waals surface area contributed by atoms with E-state index in [2.05, 4.69) is 71.6 Å². The minimum Gasteiger partial charge on any atom is -0.438 e. The lowest BCUT2D eigenvalue weighted by molar-refractivity contribution is -0.00431. The number of halogens is 1.